The van der Waals surface area contributed by atoms with Gasteiger partial charge in [-0.2, -0.15) is 0 Å². The van der Waals surface area contributed by atoms with Crippen LogP contribution in [0.3, 0.4) is 0 Å². The van der Waals surface area contributed by atoms with Gasteiger partial charge in [-0.3, -0.25) is 10.1 Å². The third kappa shape index (κ3) is 5.52. The lowest BCUT2D eigenvalue weighted by Gasteiger charge is -2.19. The van der Waals surface area contributed by atoms with Crippen LogP contribution in [-0.2, 0) is 6.42 Å². The molecule has 148 valence electrons. The lowest BCUT2D eigenvalue weighted by molar-refractivity contribution is 0.0978. The van der Waals surface area contributed by atoms with Gasteiger partial charge < -0.3 is 10.2 Å². The first kappa shape index (κ1) is 20.3. The Balaban J connectivity index is 1.57. The summed E-state index contributed by atoms with van der Waals surface area (Å²) < 4.78 is 0. The SMILES string of the molecule is CCCCCc1ccc(NC(=S)NC(=O)c2cccnc2N2CCCC2)cc1. The summed E-state index contributed by atoms with van der Waals surface area (Å²) in [6.45, 7) is 4.08. The number of aryl methyl sites for hydroxylation is 1. The second kappa shape index (κ2) is 10.2. The number of amides is 1. The molecular formula is C22H28N4OS. The predicted molar refractivity (Wildman–Crippen MR) is 119 cm³/mol. The standard InChI is InChI=1S/C22H28N4OS/c1-2-3-4-8-17-10-12-18(13-11-17)24-22(28)25-21(27)19-9-7-14-23-20(19)26-15-5-6-16-26/h7,9-14H,2-6,8,15-16H2,1H3,(H2,24,25,27,28). The molecule has 3 rings (SSSR count). The number of benzene rings is 1. The maximum atomic E-state index is 12.7. The molecule has 1 aromatic carbocycles. The average Bonchev–Trinajstić information content (AvgIpc) is 3.24. The van der Waals surface area contributed by atoms with Crippen LogP contribution in [0.15, 0.2) is 42.6 Å². The van der Waals surface area contributed by atoms with Gasteiger partial charge in [-0.15, -0.1) is 0 Å². The Labute approximate surface area is 172 Å². The highest BCUT2D eigenvalue weighted by molar-refractivity contribution is 7.80. The number of thiocarbonyl (C=S) groups is 1. The maximum Gasteiger partial charge on any atom is 0.261 e. The molecule has 1 aliphatic rings. The molecule has 0 aliphatic carbocycles. The molecule has 0 spiro atoms. The Morgan fingerprint density at radius 3 is 2.61 bits per heavy atom. The van der Waals surface area contributed by atoms with Gasteiger partial charge in [0.15, 0.2) is 5.11 Å². The summed E-state index contributed by atoms with van der Waals surface area (Å²) in [5.41, 5.74) is 2.75. The number of rotatable bonds is 7. The molecule has 1 aliphatic heterocycles. The van der Waals surface area contributed by atoms with Crippen molar-refractivity contribution in [2.75, 3.05) is 23.3 Å². The van der Waals surface area contributed by atoms with E-state index in [4.69, 9.17) is 12.2 Å². The molecule has 28 heavy (non-hydrogen) atoms. The molecule has 2 heterocycles. The molecule has 0 saturated carbocycles. The number of nitrogens with one attached hydrogen (secondary N) is 2. The molecule has 5 nitrogen and oxygen atoms in total. The Morgan fingerprint density at radius 2 is 1.89 bits per heavy atom. The molecule has 1 amide bonds. The van der Waals surface area contributed by atoms with Crippen molar-refractivity contribution in [1.29, 1.82) is 0 Å². The van der Waals surface area contributed by atoms with E-state index in [-0.39, 0.29) is 5.91 Å². The molecule has 0 radical (unpaired) electrons. The van der Waals surface area contributed by atoms with Crippen molar-refractivity contribution >= 4 is 34.7 Å². The second-order valence-electron chi connectivity index (χ2n) is 7.13. The number of hydrogen-bond donors (Lipinski definition) is 2. The topological polar surface area (TPSA) is 57.3 Å². The minimum Gasteiger partial charge on any atom is -0.356 e. The lowest BCUT2D eigenvalue weighted by atomic mass is 10.1. The normalized spacial score (nSPS) is 13.4. The van der Waals surface area contributed by atoms with Gasteiger partial charge in [0.1, 0.15) is 5.82 Å². The van der Waals surface area contributed by atoms with E-state index in [0.717, 1.165) is 43.9 Å². The third-order valence-corrected chi connectivity index (χ3v) is 5.15. The van der Waals surface area contributed by atoms with Crippen LogP contribution in [0.1, 0.15) is 54.9 Å². The van der Waals surface area contributed by atoms with Crippen molar-refractivity contribution in [1.82, 2.24) is 10.3 Å². The second-order valence-corrected chi connectivity index (χ2v) is 7.54. The van der Waals surface area contributed by atoms with E-state index in [1.807, 2.05) is 12.1 Å². The maximum absolute atomic E-state index is 12.7. The number of nitrogens with zero attached hydrogens (tertiary/aromatic N) is 2. The number of hydrogen-bond acceptors (Lipinski definition) is 4. The molecule has 1 saturated heterocycles. The van der Waals surface area contributed by atoms with Crippen LogP contribution in [0.25, 0.3) is 0 Å². The smallest absolute Gasteiger partial charge is 0.261 e. The number of carbonyl (C=O) groups excluding carboxylic acids is 1. The summed E-state index contributed by atoms with van der Waals surface area (Å²) in [5, 5.41) is 6.16. The zero-order chi connectivity index (χ0) is 19.8. The first-order valence-corrected chi connectivity index (χ1v) is 10.5. The van der Waals surface area contributed by atoms with Gasteiger partial charge in [-0.05, 0) is 67.7 Å². The van der Waals surface area contributed by atoms with Crippen LogP contribution >= 0.6 is 12.2 Å². The summed E-state index contributed by atoms with van der Waals surface area (Å²) in [6.07, 6.45) is 8.77. The highest BCUT2D eigenvalue weighted by Gasteiger charge is 2.21. The van der Waals surface area contributed by atoms with Gasteiger partial charge in [0, 0.05) is 25.0 Å². The summed E-state index contributed by atoms with van der Waals surface area (Å²) in [5.74, 6) is 0.500. The van der Waals surface area contributed by atoms with Crippen LogP contribution < -0.4 is 15.5 Å². The Morgan fingerprint density at radius 1 is 1.14 bits per heavy atom. The summed E-state index contributed by atoms with van der Waals surface area (Å²) >= 11 is 5.33. The van der Waals surface area contributed by atoms with Gasteiger partial charge in [-0.25, -0.2) is 4.98 Å². The minimum atomic E-state index is -0.233. The fraction of sp³-hybridized carbons (Fsp3) is 0.409. The number of pyridine rings is 1. The van der Waals surface area contributed by atoms with E-state index in [0.29, 0.717) is 10.7 Å². The molecule has 0 atom stereocenters. The molecule has 0 bridgehead atoms. The van der Waals surface area contributed by atoms with Crippen LogP contribution in [0, 0.1) is 0 Å². The van der Waals surface area contributed by atoms with Crippen molar-refractivity contribution in [3.8, 4) is 0 Å². The van der Waals surface area contributed by atoms with Gasteiger partial charge in [0.2, 0.25) is 0 Å². The first-order valence-electron chi connectivity index (χ1n) is 10.1. The minimum absolute atomic E-state index is 0.233. The molecular weight excluding hydrogens is 368 g/mol. The van der Waals surface area contributed by atoms with E-state index in [9.17, 15) is 4.79 Å². The third-order valence-electron chi connectivity index (χ3n) is 4.94. The van der Waals surface area contributed by atoms with E-state index in [2.05, 4.69) is 39.6 Å². The fourth-order valence-electron chi connectivity index (χ4n) is 3.42. The zero-order valence-corrected chi connectivity index (χ0v) is 17.2. The monoisotopic (exact) mass is 396 g/mol. The first-order chi connectivity index (χ1) is 13.7. The molecule has 6 heteroatoms. The summed E-state index contributed by atoms with van der Waals surface area (Å²) in [4.78, 5) is 19.3. The van der Waals surface area contributed by atoms with Crippen LogP contribution in [0.4, 0.5) is 11.5 Å². The van der Waals surface area contributed by atoms with E-state index >= 15 is 0 Å². The van der Waals surface area contributed by atoms with Crippen molar-refractivity contribution < 1.29 is 4.79 Å². The largest absolute Gasteiger partial charge is 0.356 e. The average molecular weight is 397 g/mol. The molecule has 2 aromatic rings. The quantitative estimate of drug-likeness (QED) is 0.531. The number of anilines is 2. The zero-order valence-electron chi connectivity index (χ0n) is 16.4. The van der Waals surface area contributed by atoms with Crippen molar-refractivity contribution in [2.24, 2.45) is 0 Å². The van der Waals surface area contributed by atoms with Gasteiger partial charge in [-0.1, -0.05) is 31.9 Å². The van der Waals surface area contributed by atoms with Crippen LogP contribution in [0.5, 0.6) is 0 Å². The van der Waals surface area contributed by atoms with Crippen molar-refractivity contribution in [3.63, 3.8) is 0 Å². The Bertz CT molecular complexity index is 800. The lowest BCUT2D eigenvalue weighted by Crippen LogP contribution is -2.35. The van der Waals surface area contributed by atoms with Gasteiger partial charge in [0.05, 0.1) is 5.56 Å². The highest BCUT2D eigenvalue weighted by atomic mass is 32.1. The fourth-order valence-corrected chi connectivity index (χ4v) is 3.63. The van der Waals surface area contributed by atoms with E-state index < -0.39 is 0 Å². The summed E-state index contributed by atoms with van der Waals surface area (Å²) in [7, 11) is 0. The van der Waals surface area contributed by atoms with Crippen LogP contribution in [-0.4, -0.2) is 29.1 Å². The van der Waals surface area contributed by atoms with E-state index in [1.54, 1.807) is 18.3 Å². The van der Waals surface area contributed by atoms with Crippen molar-refractivity contribution in [3.05, 3.63) is 53.7 Å². The van der Waals surface area contributed by atoms with Gasteiger partial charge >= 0.3 is 0 Å². The summed E-state index contributed by atoms with van der Waals surface area (Å²) in [6, 6.07) is 11.8. The molecule has 1 fully saturated rings. The van der Waals surface area contributed by atoms with Crippen molar-refractivity contribution in [2.45, 2.75) is 45.4 Å². The number of unbranched alkanes of at least 4 members (excludes halogenated alkanes) is 2. The molecule has 1 aromatic heterocycles. The molecule has 2 N–H and O–H groups in total. The number of aromatic nitrogens is 1. The Kier molecular flexibility index (Phi) is 7.37. The molecule has 0 unspecified atom stereocenters. The Hall–Kier alpha value is -2.47. The van der Waals surface area contributed by atoms with E-state index in [1.165, 1.54) is 24.8 Å². The predicted octanol–water partition coefficient (Wildman–Crippen LogP) is 4.54. The van der Waals surface area contributed by atoms with Crippen LogP contribution in [0.2, 0.25) is 0 Å². The highest BCUT2D eigenvalue weighted by Crippen LogP contribution is 2.22. The van der Waals surface area contributed by atoms with Gasteiger partial charge in [0.25, 0.3) is 5.91 Å². The number of carbonyl (C=O) groups is 1.